The molecule has 0 radical (unpaired) electrons. The maximum Gasteiger partial charge on any atom is 0.171 e. The second-order valence-corrected chi connectivity index (χ2v) is 6.08. The predicted molar refractivity (Wildman–Crippen MR) is 90.6 cm³/mol. The molecule has 1 heterocycles. The lowest BCUT2D eigenvalue weighted by Gasteiger charge is -2.33. The molecule has 2 aromatic carbocycles. The lowest BCUT2D eigenvalue weighted by atomic mass is 9.89. The van der Waals surface area contributed by atoms with Gasteiger partial charge in [-0.2, -0.15) is 0 Å². The third-order valence-electron chi connectivity index (χ3n) is 4.08. The highest BCUT2D eigenvalue weighted by atomic mass is 35.5. The Hall–Kier alpha value is -1.88. The highest BCUT2D eigenvalue weighted by Gasteiger charge is 2.37. The maximum absolute atomic E-state index is 11.6. The zero-order chi connectivity index (χ0) is 16.4. The number of nitrogen functional groups attached to an aromatic ring is 1. The molecule has 0 spiro atoms. The molecule has 2 aromatic rings. The van der Waals surface area contributed by atoms with Crippen molar-refractivity contribution in [3.63, 3.8) is 0 Å². The van der Waals surface area contributed by atoms with Crippen LogP contribution >= 0.6 is 11.6 Å². The van der Waals surface area contributed by atoms with Crippen molar-refractivity contribution in [2.45, 2.75) is 12.5 Å². The summed E-state index contributed by atoms with van der Waals surface area (Å²) in [4.78, 5) is 11.6. The van der Waals surface area contributed by atoms with Gasteiger partial charge in [0.1, 0.15) is 0 Å². The van der Waals surface area contributed by atoms with Crippen LogP contribution in [0.25, 0.3) is 11.1 Å². The summed E-state index contributed by atoms with van der Waals surface area (Å²) in [6.45, 7) is 3.10. The number of nitrogens with two attached hydrogens (primary N) is 1. The van der Waals surface area contributed by atoms with E-state index in [9.17, 15) is 4.79 Å². The third kappa shape index (κ3) is 2.98. The smallest absolute Gasteiger partial charge is 0.171 e. The molecule has 1 aliphatic rings. The van der Waals surface area contributed by atoms with E-state index in [-0.39, 0.29) is 6.61 Å². The highest BCUT2D eigenvalue weighted by molar-refractivity contribution is 6.33. The fraction of sp³-hybridized carbons (Fsp3) is 0.278. The summed E-state index contributed by atoms with van der Waals surface area (Å²) in [5.41, 5.74) is 8.98. The van der Waals surface area contributed by atoms with E-state index in [1.165, 1.54) is 0 Å². The minimum absolute atomic E-state index is 0.235. The lowest BCUT2D eigenvalue weighted by Crippen LogP contribution is -2.42. The molecule has 1 unspecified atom stereocenters. The van der Waals surface area contributed by atoms with Crippen molar-refractivity contribution in [1.82, 2.24) is 0 Å². The second-order valence-electron chi connectivity index (χ2n) is 5.68. The number of halogens is 1. The highest BCUT2D eigenvalue weighted by Crippen LogP contribution is 2.34. The SMILES string of the molecule is Cc1cc(-c2ccc(N)cc2Cl)ccc1C1(C=O)COCCO1. The van der Waals surface area contributed by atoms with Crippen molar-refractivity contribution in [2.24, 2.45) is 0 Å². The van der Waals surface area contributed by atoms with Gasteiger partial charge in [-0.05, 0) is 35.7 Å². The number of aldehydes is 1. The molecular weight excluding hydrogens is 314 g/mol. The van der Waals surface area contributed by atoms with Crippen LogP contribution in [0.5, 0.6) is 0 Å². The minimum atomic E-state index is -1.02. The van der Waals surface area contributed by atoms with Gasteiger partial charge in [0, 0.05) is 11.3 Å². The Balaban J connectivity index is 2.02. The first-order valence-corrected chi connectivity index (χ1v) is 7.78. The summed E-state index contributed by atoms with van der Waals surface area (Å²) >= 11 is 6.28. The molecule has 1 atom stereocenters. The Labute approximate surface area is 140 Å². The molecule has 120 valence electrons. The zero-order valence-corrected chi connectivity index (χ0v) is 13.6. The number of hydrogen-bond donors (Lipinski definition) is 1. The molecule has 0 amide bonds. The van der Waals surface area contributed by atoms with Gasteiger partial charge in [0.2, 0.25) is 0 Å². The van der Waals surface area contributed by atoms with Crippen LogP contribution in [0, 0.1) is 6.92 Å². The van der Waals surface area contributed by atoms with Crippen LogP contribution in [0.1, 0.15) is 11.1 Å². The van der Waals surface area contributed by atoms with E-state index in [1.807, 2.05) is 37.3 Å². The van der Waals surface area contributed by atoms with Crippen LogP contribution in [0.2, 0.25) is 5.02 Å². The third-order valence-corrected chi connectivity index (χ3v) is 4.39. The van der Waals surface area contributed by atoms with Crippen LogP contribution < -0.4 is 5.73 Å². The number of ether oxygens (including phenoxy) is 2. The van der Waals surface area contributed by atoms with E-state index in [0.29, 0.717) is 23.9 Å². The van der Waals surface area contributed by atoms with Crippen LogP contribution in [0.3, 0.4) is 0 Å². The quantitative estimate of drug-likeness (QED) is 0.692. The number of benzene rings is 2. The number of hydrogen-bond acceptors (Lipinski definition) is 4. The van der Waals surface area contributed by atoms with Crippen LogP contribution in [-0.2, 0) is 19.9 Å². The first-order chi connectivity index (χ1) is 11.1. The fourth-order valence-corrected chi connectivity index (χ4v) is 3.20. The van der Waals surface area contributed by atoms with E-state index in [1.54, 1.807) is 6.07 Å². The van der Waals surface area contributed by atoms with Gasteiger partial charge >= 0.3 is 0 Å². The van der Waals surface area contributed by atoms with Crippen LogP contribution in [0.15, 0.2) is 36.4 Å². The summed E-state index contributed by atoms with van der Waals surface area (Å²) in [6.07, 6.45) is 0.824. The normalized spacial score (nSPS) is 21.1. The summed E-state index contributed by atoms with van der Waals surface area (Å²) in [6, 6.07) is 11.3. The Morgan fingerprint density at radius 1 is 1.22 bits per heavy atom. The first kappa shape index (κ1) is 16.0. The standard InChI is InChI=1S/C18H18ClNO3/c1-12-8-13(15-4-3-14(20)9-17(15)19)2-5-16(12)18(10-21)11-22-6-7-23-18/h2-5,8-10H,6-7,11,20H2,1H3. The summed E-state index contributed by atoms with van der Waals surface area (Å²) < 4.78 is 11.2. The van der Waals surface area contributed by atoms with Gasteiger partial charge in [0.15, 0.2) is 11.9 Å². The molecule has 1 fully saturated rings. The summed E-state index contributed by atoms with van der Waals surface area (Å²) in [7, 11) is 0. The summed E-state index contributed by atoms with van der Waals surface area (Å²) in [5.74, 6) is 0. The molecule has 23 heavy (non-hydrogen) atoms. The topological polar surface area (TPSA) is 61.6 Å². The molecule has 1 saturated heterocycles. The molecule has 3 rings (SSSR count). The van der Waals surface area contributed by atoms with Gasteiger partial charge in [-0.3, -0.25) is 4.79 Å². The van der Waals surface area contributed by atoms with Crippen LogP contribution in [0.4, 0.5) is 5.69 Å². The molecule has 0 aromatic heterocycles. The van der Waals surface area contributed by atoms with Crippen molar-refractivity contribution in [2.75, 3.05) is 25.6 Å². The van der Waals surface area contributed by atoms with E-state index in [2.05, 4.69) is 0 Å². The zero-order valence-electron chi connectivity index (χ0n) is 12.8. The molecular formula is C18H18ClNO3. The van der Waals surface area contributed by atoms with Gasteiger partial charge in [-0.15, -0.1) is 0 Å². The van der Waals surface area contributed by atoms with Gasteiger partial charge in [0.25, 0.3) is 0 Å². The van der Waals surface area contributed by atoms with Gasteiger partial charge in [-0.25, -0.2) is 0 Å². The predicted octanol–water partition coefficient (Wildman–Crippen LogP) is 3.34. The molecule has 5 heteroatoms. The minimum Gasteiger partial charge on any atom is -0.399 e. The molecule has 4 nitrogen and oxygen atoms in total. The Kier molecular flexibility index (Phi) is 4.39. The average Bonchev–Trinajstić information content (AvgIpc) is 2.55. The Bertz CT molecular complexity index is 739. The van der Waals surface area contributed by atoms with Crippen molar-refractivity contribution < 1.29 is 14.3 Å². The molecule has 0 aliphatic carbocycles. The average molecular weight is 332 g/mol. The monoisotopic (exact) mass is 331 g/mol. The lowest BCUT2D eigenvalue weighted by molar-refractivity contribution is -0.168. The second kappa shape index (κ2) is 6.32. The van der Waals surface area contributed by atoms with Gasteiger partial charge < -0.3 is 15.2 Å². The number of rotatable bonds is 3. The van der Waals surface area contributed by atoms with Crippen molar-refractivity contribution in [3.05, 3.63) is 52.5 Å². The van der Waals surface area contributed by atoms with Gasteiger partial charge in [-0.1, -0.05) is 35.9 Å². The fourth-order valence-electron chi connectivity index (χ4n) is 2.91. The van der Waals surface area contributed by atoms with E-state index in [4.69, 9.17) is 26.8 Å². The van der Waals surface area contributed by atoms with E-state index < -0.39 is 5.60 Å². The van der Waals surface area contributed by atoms with Crippen molar-refractivity contribution in [1.29, 1.82) is 0 Å². The van der Waals surface area contributed by atoms with E-state index >= 15 is 0 Å². The van der Waals surface area contributed by atoms with Gasteiger partial charge in [0.05, 0.1) is 24.8 Å². The maximum atomic E-state index is 11.6. The van der Waals surface area contributed by atoms with Crippen molar-refractivity contribution >= 4 is 23.6 Å². The number of carbonyl (C=O) groups is 1. The molecule has 2 N–H and O–H groups in total. The number of carbonyl (C=O) groups excluding carboxylic acids is 1. The van der Waals surface area contributed by atoms with E-state index in [0.717, 1.165) is 28.5 Å². The Morgan fingerprint density at radius 2 is 2.04 bits per heavy atom. The molecule has 1 aliphatic heterocycles. The Morgan fingerprint density at radius 3 is 2.65 bits per heavy atom. The van der Waals surface area contributed by atoms with Crippen LogP contribution in [-0.4, -0.2) is 26.1 Å². The van der Waals surface area contributed by atoms with Crippen molar-refractivity contribution in [3.8, 4) is 11.1 Å². The molecule has 0 bridgehead atoms. The molecule has 0 saturated carbocycles. The largest absolute Gasteiger partial charge is 0.399 e. The summed E-state index contributed by atoms with van der Waals surface area (Å²) in [5, 5.41) is 0.597. The number of anilines is 1. The first-order valence-electron chi connectivity index (χ1n) is 7.40. The number of aryl methyl sites for hydroxylation is 1.